The number of hydrogen-bond acceptors (Lipinski definition) is 3. The van der Waals surface area contributed by atoms with E-state index in [9.17, 15) is 9.59 Å². The molecule has 0 aromatic heterocycles. The predicted octanol–water partition coefficient (Wildman–Crippen LogP) is 7.51. The number of nitrogens with zero attached hydrogens (tertiary/aromatic N) is 1. The molecular formula is C27H35Cl2NO3. The molecule has 0 saturated carbocycles. The molecule has 0 spiro atoms. The van der Waals surface area contributed by atoms with Crippen LogP contribution in [0.3, 0.4) is 0 Å². The number of amides is 1. The standard InChI is InChI=1S/C19H24ClNO3.C6H5Cl.C2H6/c1-4-16(5-2)21-17(13-6-9-15(20)10-7-13)11-8-14(19(21)23)12-18(22)24-3;7-6-4-2-1-3-5-6;1-2/h4,6-7,9-10,14,16-17H,1,5,8,11-12H2,2-3H3;1-5H;1-2H3. The van der Waals surface area contributed by atoms with Crippen LogP contribution >= 0.6 is 23.2 Å². The average Bonchev–Trinajstić information content (AvgIpc) is 2.84. The minimum absolute atomic E-state index is 0.00153. The molecule has 180 valence electrons. The number of ether oxygens (including phenoxy) is 1. The lowest BCUT2D eigenvalue weighted by molar-refractivity contribution is -0.151. The number of carbonyl (C=O) groups excluding carboxylic acids is 2. The Hall–Kier alpha value is -2.30. The number of benzene rings is 2. The minimum Gasteiger partial charge on any atom is -0.469 e. The molecule has 1 amide bonds. The first kappa shape index (κ1) is 28.7. The molecule has 33 heavy (non-hydrogen) atoms. The van der Waals surface area contributed by atoms with E-state index in [0.29, 0.717) is 11.4 Å². The topological polar surface area (TPSA) is 46.6 Å². The van der Waals surface area contributed by atoms with Gasteiger partial charge in [0.05, 0.1) is 25.6 Å². The Kier molecular flexibility index (Phi) is 13.5. The maximum Gasteiger partial charge on any atom is 0.306 e. The van der Waals surface area contributed by atoms with Crippen molar-refractivity contribution in [2.75, 3.05) is 7.11 Å². The van der Waals surface area contributed by atoms with Gasteiger partial charge in [0, 0.05) is 16.0 Å². The zero-order valence-electron chi connectivity index (χ0n) is 20.0. The van der Waals surface area contributed by atoms with Crippen LogP contribution in [0.15, 0.2) is 67.3 Å². The maximum atomic E-state index is 13.0. The number of piperidine rings is 1. The van der Waals surface area contributed by atoms with E-state index in [1.165, 1.54) is 7.11 Å². The highest BCUT2D eigenvalue weighted by molar-refractivity contribution is 6.30. The number of carbonyl (C=O) groups is 2. The van der Waals surface area contributed by atoms with Crippen molar-refractivity contribution >= 4 is 35.1 Å². The predicted molar refractivity (Wildman–Crippen MR) is 137 cm³/mol. The Morgan fingerprint density at radius 2 is 1.67 bits per heavy atom. The van der Waals surface area contributed by atoms with Gasteiger partial charge in [0.25, 0.3) is 0 Å². The van der Waals surface area contributed by atoms with Crippen molar-refractivity contribution < 1.29 is 14.3 Å². The third kappa shape index (κ3) is 8.87. The normalized spacial score (nSPS) is 18.1. The second-order valence-corrected chi connectivity index (χ2v) is 8.25. The van der Waals surface area contributed by atoms with Crippen LogP contribution in [0.4, 0.5) is 0 Å². The van der Waals surface area contributed by atoms with Gasteiger partial charge in [-0.05, 0) is 49.1 Å². The Labute approximate surface area is 208 Å². The van der Waals surface area contributed by atoms with E-state index in [-0.39, 0.29) is 36.3 Å². The Balaban J connectivity index is 0.000000508. The fraction of sp³-hybridized carbons (Fsp3) is 0.407. The van der Waals surface area contributed by atoms with Crippen LogP contribution in [0, 0.1) is 5.92 Å². The molecule has 1 saturated heterocycles. The van der Waals surface area contributed by atoms with Gasteiger partial charge in [0.2, 0.25) is 5.91 Å². The van der Waals surface area contributed by atoms with Crippen LogP contribution in [0.25, 0.3) is 0 Å². The van der Waals surface area contributed by atoms with E-state index in [2.05, 4.69) is 6.58 Å². The highest BCUT2D eigenvalue weighted by atomic mass is 35.5. The van der Waals surface area contributed by atoms with Gasteiger partial charge in [0.15, 0.2) is 0 Å². The summed E-state index contributed by atoms with van der Waals surface area (Å²) in [5.41, 5.74) is 1.06. The Morgan fingerprint density at radius 3 is 2.12 bits per heavy atom. The first-order valence-corrected chi connectivity index (χ1v) is 12.1. The first-order valence-electron chi connectivity index (χ1n) is 11.4. The van der Waals surface area contributed by atoms with Crippen molar-refractivity contribution in [2.24, 2.45) is 5.92 Å². The van der Waals surface area contributed by atoms with E-state index in [1.54, 1.807) is 6.08 Å². The molecule has 1 aliphatic heterocycles. The fourth-order valence-corrected chi connectivity index (χ4v) is 4.03. The van der Waals surface area contributed by atoms with Gasteiger partial charge >= 0.3 is 5.97 Å². The molecule has 2 aromatic carbocycles. The van der Waals surface area contributed by atoms with Crippen LogP contribution in [0.2, 0.25) is 10.0 Å². The fourth-order valence-electron chi connectivity index (χ4n) is 3.76. The van der Waals surface area contributed by atoms with Crippen molar-refractivity contribution in [3.05, 3.63) is 82.9 Å². The second kappa shape index (κ2) is 15.5. The van der Waals surface area contributed by atoms with Crippen LogP contribution in [-0.4, -0.2) is 29.9 Å². The molecule has 3 unspecified atom stereocenters. The van der Waals surface area contributed by atoms with Gasteiger partial charge in [0.1, 0.15) is 0 Å². The van der Waals surface area contributed by atoms with Gasteiger partial charge < -0.3 is 9.64 Å². The molecule has 6 heteroatoms. The smallest absolute Gasteiger partial charge is 0.306 e. The maximum absolute atomic E-state index is 13.0. The Bertz CT molecular complexity index is 855. The number of rotatable bonds is 6. The third-order valence-corrected chi connectivity index (χ3v) is 5.91. The average molecular weight is 492 g/mol. The molecule has 0 bridgehead atoms. The van der Waals surface area contributed by atoms with Crippen molar-refractivity contribution in [3.63, 3.8) is 0 Å². The minimum atomic E-state index is -0.343. The molecule has 3 atom stereocenters. The summed E-state index contributed by atoms with van der Waals surface area (Å²) in [6.45, 7) is 9.91. The molecule has 0 N–H and O–H groups in total. The molecule has 4 nitrogen and oxygen atoms in total. The summed E-state index contributed by atoms with van der Waals surface area (Å²) in [5.74, 6) is -0.668. The van der Waals surface area contributed by atoms with Gasteiger partial charge in [-0.2, -0.15) is 0 Å². The van der Waals surface area contributed by atoms with E-state index in [4.69, 9.17) is 27.9 Å². The van der Waals surface area contributed by atoms with Crippen LogP contribution < -0.4 is 0 Å². The summed E-state index contributed by atoms with van der Waals surface area (Å²) >= 11 is 11.5. The quantitative estimate of drug-likeness (QED) is 0.310. The van der Waals surface area contributed by atoms with Gasteiger partial charge in [-0.1, -0.05) is 80.4 Å². The Morgan fingerprint density at radius 1 is 1.09 bits per heavy atom. The molecule has 1 fully saturated rings. The van der Waals surface area contributed by atoms with Crippen LogP contribution in [0.5, 0.6) is 0 Å². The zero-order valence-corrected chi connectivity index (χ0v) is 21.5. The number of likely N-dealkylation sites (tertiary alicyclic amines) is 1. The molecule has 3 rings (SSSR count). The lowest BCUT2D eigenvalue weighted by atomic mass is 9.85. The monoisotopic (exact) mass is 491 g/mol. The lowest BCUT2D eigenvalue weighted by Gasteiger charge is -2.43. The summed E-state index contributed by atoms with van der Waals surface area (Å²) in [6.07, 6.45) is 4.20. The van der Waals surface area contributed by atoms with E-state index in [1.807, 2.05) is 80.3 Å². The van der Waals surface area contributed by atoms with Gasteiger partial charge in [-0.15, -0.1) is 6.58 Å². The lowest BCUT2D eigenvalue weighted by Crippen LogP contribution is -2.48. The molecule has 2 aromatic rings. The molecular weight excluding hydrogens is 457 g/mol. The summed E-state index contributed by atoms with van der Waals surface area (Å²) in [4.78, 5) is 26.5. The zero-order chi connectivity index (χ0) is 24.8. The highest BCUT2D eigenvalue weighted by Crippen LogP contribution is 2.38. The van der Waals surface area contributed by atoms with E-state index >= 15 is 0 Å². The van der Waals surface area contributed by atoms with Crippen molar-refractivity contribution in [1.82, 2.24) is 4.90 Å². The second-order valence-electron chi connectivity index (χ2n) is 7.37. The summed E-state index contributed by atoms with van der Waals surface area (Å²) in [6, 6.07) is 17.0. The summed E-state index contributed by atoms with van der Waals surface area (Å²) in [5, 5.41) is 1.47. The van der Waals surface area contributed by atoms with Crippen LogP contribution in [0.1, 0.15) is 58.1 Å². The number of esters is 1. The molecule has 0 aliphatic carbocycles. The number of hydrogen-bond donors (Lipinski definition) is 0. The third-order valence-electron chi connectivity index (χ3n) is 5.40. The molecule has 1 heterocycles. The summed E-state index contributed by atoms with van der Waals surface area (Å²) < 4.78 is 4.73. The molecule has 1 aliphatic rings. The van der Waals surface area contributed by atoms with Crippen LogP contribution in [-0.2, 0) is 14.3 Å². The van der Waals surface area contributed by atoms with Crippen molar-refractivity contribution in [3.8, 4) is 0 Å². The number of halogens is 2. The number of methoxy groups -OCH3 is 1. The SMILES string of the molecule is C=CC(CC)N1C(=O)C(CC(=O)OC)CCC1c1ccc(Cl)cc1.CC.Clc1ccccc1. The van der Waals surface area contributed by atoms with Crippen molar-refractivity contribution in [1.29, 1.82) is 0 Å². The summed E-state index contributed by atoms with van der Waals surface area (Å²) in [7, 11) is 1.35. The molecule has 0 radical (unpaired) electrons. The van der Waals surface area contributed by atoms with E-state index in [0.717, 1.165) is 23.4 Å². The largest absolute Gasteiger partial charge is 0.469 e. The first-order chi connectivity index (χ1) is 15.9. The van der Waals surface area contributed by atoms with Gasteiger partial charge in [-0.25, -0.2) is 0 Å². The van der Waals surface area contributed by atoms with E-state index < -0.39 is 0 Å². The highest BCUT2D eigenvalue weighted by Gasteiger charge is 2.39. The van der Waals surface area contributed by atoms with Gasteiger partial charge in [-0.3, -0.25) is 9.59 Å². The van der Waals surface area contributed by atoms with Crippen molar-refractivity contribution in [2.45, 2.75) is 58.5 Å².